The number of nitrogens with one attached hydrogen (secondary N) is 1. The van der Waals surface area contributed by atoms with Crippen molar-refractivity contribution in [3.8, 4) is 22.7 Å². The number of benzene rings is 3. The highest BCUT2D eigenvalue weighted by Crippen LogP contribution is 2.23. The van der Waals surface area contributed by atoms with Gasteiger partial charge in [0, 0.05) is 17.3 Å². The second-order valence-corrected chi connectivity index (χ2v) is 6.81. The smallest absolute Gasteiger partial charge is 0.335 e. The SMILES string of the molecule is O=C(O)c1ccc(-n2cc(/C=N/NC(=O)c3ccccc3O)c(-c3ccccc3)n2)cc1. The van der Waals surface area contributed by atoms with Crippen LogP contribution in [0.15, 0.2) is 90.2 Å². The number of carboxylic acids is 1. The molecule has 0 saturated heterocycles. The lowest BCUT2D eigenvalue weighted by atomic mass is 10.1. The van der Waals surface area contributed by atoms with Gasteiger partial charge in [0.25, 0.3) is 5.91 Å². The first-order chi connectivity index (χ1) is 15.5. The van der Waals surface area contributed by atoms with Crippen LogP contribution in [0, 0.1) is 0 Å². The predicted molar refractivity (Wildman–Crippen MR) is 119 cm³/mol. The number of para-hydroxylation sites is 1. The molecule has 158 valence electrons. The van der Waals surface area contributed by atoms with Gasteiger partial charge in [0.2, 0.25) is 0 Å². The lowest BCUT2D eigenvalue weighted by molar-refractivity contribution is 0.0696. The van der Waals surface area contributed by atoms with Crippen molar-refractivity contribution in [2.24, 2.45) is 5.10 Å². The van der Waals surface area contributed by atoms with Gasteiger partial charge in [-0.15, -0.1) is 0 Å². The monoisotopic (exact) mass is 426 g/mol. The van der Waals surface area contributed by atoms with Gasteiger partial charge < -0.3 is 10.2 Å². The number of carbonyl (C=O) groups excluding carboxylic acids is 1. The number of hydrogen-bond acceptors (Lipinski definition) is 5. The number of carboxylic acid groups (broad SMARTS) is 1. The van der Waals surface area contributed by atoms with Crippen molar-refractivity contribution < 1.29 is 19.8 Å². The lowest BCUT2D eigenvalue weighted by Gasteiger charge is -2.02. The van der Waals surface area contributed by atoms with Crippen molar-refractivity contribution in [3.05, 3.63) is 102 Å². The molecule has 8 nitrogen and oxygen atoms in total. The number of carbonyl (C=O) groups is 2. The zero-order valence-corrected chi connectivity index (χ0v) is 16.7. The van der Waals surface area contributed by atoms with Crippen LogP contribution in [0.3, 0.4) is 0 Å². The summed E-state index contributed by atoms with van der Waals surface area (Å²) in [5.41, 5.74) is 5.48. The largest absolute Gasteiger partial charge is 0.507 e. The number of rotatable bonds is 6. The van der Waals surface area contributed by atoms with E-state index in [2.05, 4.69) is 15.6 Å². The zero-order valence-electron chi connectivity index (χ0n) is 16.7. The molecule has 1 amide bonds. The molecule has 0 aliphatic rings. The molecule has 1 aromatic heterocycles. The molecule has 3 N–H and O–H groups in total. The predicted octanol–water partition coefficient (Wildman–Crippen LogP) is 3.71. The van der Waals surface area contributed by atoms with Gasteiger partial charge in [0.1, 0.15) is 11.4 Å². The molecule has 0 saturated carbocycles. The number of phenols is 1. The van der Waals surface area contributed by atoms with E-state index in [1.165, 1.54) is 30.5 Å². The Morgan fingerprint density at radius 3 is 2.31 bits per heavy atom. The summed E-state index contributed by atoms with van der Waals surface area (Å²) in [6.45, 7) is 0. The van der Waals surface area contributed by atoms with E-state index in [0.717, 1.165) is 5.56 Å². The van der Waals surface area contributed by atoms with Crippen molar-refractivity contribution in [2.75, 3.05) is 0 Å². The Kier molecular flexibility index (Phi) is 5.76. The number of aromatic nitrogens is 2. The second-order valence-electron chi connectivity index (χ2n) is 6.81. The van der Waals surface area contributed by atoms with Gasteiger partial charge >= 0.3 is 5.97 Å². The van der Waals surface area contributed by atoms with Crippen LogP contribution in [0.4, 0.5) is 0 Å². The Labute approximate surface area is 183 Å². The normalized spacial score (nSPS) is 10.9. The molecule has 0 bridgehead atoms. The maximum atomic E-state index is 12.3. The molecule has 1 heterocycles. The van der Waals surface area contributed by atoms with E-state index in [9.17, 15) is 14.7 Å². The van der Waals surface area contributed by atoms with Crippen LogP contribution in [0.5, 0.6) is 5.75 Å². The quantitative estimate of drug-likeness (QED) is 0.321. The molecule has 4 rings (SSSR count). The van der Waals surface area contributed by atoms with Crippen LogP contribution < -0.4 is 5.43 Å². The fourth-order valence-electron chi connectivity index (χ4n) is 3.08. The molecule has 32 heavy (non-hydrogen) atoms. The second kappa shape index (κ2) is 8.97. The fourth-order valence-corrected chi connectivity index (χ4v) is 3.08. The number of aromatic carboxylic acids is 1. The van der Waals surface area contributed by atoms with Crippen molar-refractivity contribution in [1.82, 2.24) is 15.2 Å². The Balaban J connectivity index is 1.64. The zero-order chi connectivity index (χ0) is 22.5. The maximum absolute atomic E-state index is 12.3. The van der Waals surface area contributed by atoms with Crippen molar-refractivity contribution >= 4 is 18.1 Å². The van der Waals surface area contributed by atoms with Crippen LogP contribution >= 0.6 is 0 Å². The first-order valence-electron chi connectivity index (χ1n) is 9.63. The maximum Gasteiger partial charge on any atom is 0.335 e. The van der Waals surface area contributed by atoms with Crippen LogP contribution in [-0.2, 0) is 0 Å². The molecule has 8 heteroatoms. The fraction of sp³-hybridized carbons (Fsp3) is 0. The summed E-state index contributed by atoms with van der Waals surface area (Å²) < 4.78 is 1.61. The van der Waals surface area contributed by atoms with Gasteiger partial charge in [0.05, 0.1) is 23.0 Å². The molecule has 0 aliphatic carbocycles. The lowest BCUT2D eigenvalue weighted by Crippen LogP contribution is -2.17. The molecule has 0 atom stereocenters. The summed E-state index contributed by atoms with van der Waals surface area (Å²) in [7, 11) is 0. The van der Waals surface area contributed by atoms with Gasteiger partial charge in [-0.2, -0.15) is 10.2 Å². The Morgan fingerprint density at radius 2 is 1.62 bits per heavy atom. The highest BCUT2D eigenvalue weighted by atomic mass is 16.4. The number of hydrazone groups is 1. The average molecular weight is 426 g/mol. The molecule has 4 aromatic rings. The van der Waals surface area contributed by atoms with Gasteiger partial charge in [0.15, 0.2) is 0 Å². The number of amides is 1. The average Bonchev–Trinajstić information content (AvgIpc) is 3.24. The minimum Gasteiger partial charge on any atom is -0.507 e. The summed E-state index contributed by atoms with van der Waals surface area (Å²) in [4.78, 5) is 23.4. The Bertz CT molecular complexity index is 1300. The van der Waals surface area contributed by atoms with E-state index in [-0.39, 0.29) is 16.9 Å². The van der Waals surface area contributed by atoms with Crippen LogP contribution in [0.1, 0.15) is 26.3 Å². The van der Waals surface area contributed by atoms with Gasteiger partial charge in [-0.05, 0) is 36.4 Å². The van der Waals surface area contributed by atoms with Crippen molar-refractivity contribution in [1.29, 1.82) is 0 Å². The summed E-state index contributed by atoms with van der Waals surface area (Å²) in [6.07, 6.45) is 3.20. The molecule has 3 aromatic carbocycles. The highest BCUT2D eigenvalue weighted by molar-refractivity contribution is 5.97. The van der Waals surface area contributed by atoms with Gasteiger partial charge in [-0.1, -0.05) is 42.5 Å². The van der Waals surface area contributed by atoms with E-state index in [4.69, 9.17) is 5.11 Å². The summed E-state index contributed by atoms with van der Waals surface area (Å²) in [6, 6.07) is 22.0. The first kappa shape index (κ1) is 20.5. The first-order valence-corrected chi connectivity index (χ1v) is 9.63. The minimum absolute atomic E-state index is 0.113. The minimum atomic E-state index is -1.00. The van der Waals surface area contributed by atoms with Gasteiger partial charge in [-0.3, -0.25) is 4.79 Å². The molecule has 0 fully saturated rings. The summed E-state index contributed by atoms with van der Waals surface area (Å²) >= 11 is 0. The molecule has 0 spiro atoms. The third-order valence-electron chi connectivity index (χ3n) is 4.69. The molecule has 0 unspecified atom stereocenters. The number of nitrogens with zero attached hydrogens (tertiary/aromatic N) is 3. The molecule has 0 aliphatic heterocycles. The van der Waals surface area contributed by atoms with Crippen LogP contribution in [0.2, 0.25) is 0 Å². The third-order valence-corrected chi connectivity index (χ3v) is 4.69. The molecular weight excluding hydrogens is 408 g/mol. The standard InChI is InChI=1S/C24H18N4O4/c29-21-9-5-4-8-20(21)23(30)26-25-14-18-15-28(19-12-10-17(11-13-19)24(31)32)27-22(18)16-6-2-1-3-7-16/h1-15,29H,(H,26,30)(H,31,32)/b25-14+. The van der Waals surface area contributed by atoms with Crippen LogP contribution in [-0.4, -0.2) is 38.1 Å². The van der Waals surface area contributed by atoms with E-state index >= 15 is 0 Å². The number of phenolic OH excluding ortho intramolecular Hbond substituents is 1. The van der Waals surface area contributed by atoms with E-state index in [1.807, 2.05) is 30.3 Å². The van der Waals surface area contributed by atoms with E-state index < -0.39 is 11.9 Å². The third kappa shape index (κ3) is 4.39. The van der Waals surface area contributed by atoms with Crippen LogP contribution in [0.25, 0.3) is 16.9 Å². The summed E-state index contributed by atoms with van der Waals surface area (Å²) in [5.74, 6) is -1.69. The number of aromatic hydroxyl groups is 1. The highest BCUT2D eigenvalue weighted by Gasteiger charge is 2.13. The Hall–Kier alpha value is -4.72. The van der Waals surface area contributed by atoms with Crippen molar-refractivity contribution in [2.45, 2.75) is 0 Å². The molecular formula is C24H18N4O4. The topological polar surface area (TPSA) is 117 Å². The Morgan fingerprint density at radius 1 is 0.938 bits per heavy atom. The van der Waals surface area contributed by atoms with Crippen molar-refractivity contribution in [3.63, 3.8) is 0 Å². The van der Waals surface area contributed by atoms with Gasteiger partial charge in [-0.25, -0.2) is 14.9 Å². The van der Waals surface area contributed by atoms with E-state index in [0.29, 0.717) is 16.9 Å². The number of hydrogen-bond donors (Lipinski definition) is 3. The summed E-state index contributed by atoms with van der Waals surface area (Å²) in [5, 5.41) is 27.5. The molecule has 0 radical (unpaired) electrons. The van der Waals surface area contributed by atoms with E-state index in [1.54, 1.807) is 35.1 Å².